The fraction of sp³-hybridized carbons (Fsp3) is 1.00. The molecule has 0 bridgehead atoms. The van der Waals surface area contributed by atoms with Crippen LogP contribution in [-0.2, 0) is 0 Å². The van der Waals surface area contributed by atoms with Crippen LogP contribution in [0.25, 0.3) is 0 Å². The second-order valence-electron chi connectivity index (χ2n) is 5.24. The molecule has 0 spiro atoms. The van der Waals surface area contributed by atoms with Crippen molar-refractivity contribution in [2.45, 2.75) is 54.4 Å². The van der Waals surface area contributed by atoms with E-state index in [1.54, 1.807) is 0 Å². The average Bonchev–Trinajstić information content (AvgIpc) is 2.31. The molecule has 0 amide bonds. The second-order valence-corrected chi connectivity index (χ2v) is 5.24. The fourth-order valence-corrected chi connectivity index (χ4v) is 3.91. The first-order valence-corrected chi connectivity index (χ1v) is 6.01. The summed E-state index contributed by atoms with van der Waals surface area (Å²) in [4.78, 5) is 0. The normalized spacial score (nSPS) is 43.8. The highest BCUT2D eigenvalue weighted by molar-refractivity contribution is 4.99. The lowest BCUT2D eigenvalue weighted by molar-refractivity contribution is 0.122. The Balaban J connectivity index is 2.96. The van der Waals surface area contributed by atoms with E-state index >= 15 is 0 Å². The molecule has 1 aliphatic rings. The minimum atomic E-state index is 0.638. The van der Waals surface area contributed by atoms with Crippen LogP contribution in [0.1, 0.15) is 54.4 Å². The molecule has 0 heterocycles. The molecule has 0 N–H and O–H groups in total. The van der Waals surface area contributed by atoms with Gasteiger partial charge in [-0.3, -0.25) is 0 Å². The second kappa shape index (κ2) is 3.63. The molecule has 1 rings (SSSR count). The Morgan fingerprint density at radius 1 is 0.769 bits per heavy atom. The highest BCUT2D eigenvalue weighted by Crippen LogP contribution is 2.57. The van der Waals surface area contributed by atoms with Crippen molar-refractivity contribution in [1.82, 2.24) is 0 Å². The predicted octanol–water partition coefficient (Wildman–Crippen LogP) is 4.35. The van der Waals surface area contributed by atoms with E-state index < -0.39 is 0 Å². The molecule has 0 aromatic carbocycles. The molecule has 0 radical (unpaired) electrons. The minimum absolute atomic E-state index is 0.638. The number of hydrogen-bond donors (Lipinski definition) is 0. The molecule has 0 nitrogen and oxygen atoms in total. The van der Waals surface area contributed by atoms with Gasteiger partial charge in [0.15, 0.2) is 0 Å². The first-order chi connectivity index (χ1) is 6.01. The summed E-state index contributed by atoms with van der Waals surface area (Å²) in [5.74, 6) is 3.64. The summed E-state index contributed by atoms with van der Waals surface area (Å²) < 4.78 is 0. The molecular formula is C13H26. The van der Waals surface area contributed by atoms with Crippen molar-refractivity contribution < 1.29 is 0 Å². The van der Waals surface area contributed by atoms with Crippen LogP contribution in [0.4, 0.5) is 0 Å². The molecule has 1 saturated carbocycles. The molecule has 0 heteroatoms. The Bertz CT molecular complexity index is 151. The monoisotopic (exact) mass is 182 g/mol. The molecule has 0 aromatic rings. The van der Waals surface area contributed by atoms with Crippen molar-refractivity contribution in [3.05, 3.63) is 0 Å². The van der Waals surface area contributed by atoms with Gasteiger partial charge in [-0.25, -0.2) is 0 Å². The van der Waals surface area contributed by atoms with Crippen molar-refractivity contribution in [1.29, 1.82) is 0 Å². The molecule has 0 unspecified atom stereocenters. The van der Waals surface area contributed by atoms with Crippen LogP contribution in [0, 0.1) is 29.1 Å². The van der Waals surface area contributed by atoms with E-state index in [-0.39, 0.29) is 0 Å². The van der Waals surface area contributed by atoms with E-state index in [9.17, 15) is 0 Å². The van der Waals surface area contributed by atoms with E-state index in [0.29, 0.717) is 5.41 Å². The third-order valence-corrected chi connectivity index (χ3v) is 5.54. The molecule has 1 aliphatic carbocycles. The van der Waals surface area contributed by atoms with Gasteiger partial charge in [-0.2, -0.15) is 0 Å². The Labute approximate surface area is 84.1 Å². The SMILES string of the molecule is CCC1(CC)[C@H](C)[C@H](C)[C@H](C)[C@@H]1C. The van der Waals surface area contributed by atoms with Gasteiger partial charge in [-0.05, 0) is 41.9 Å². The molecular weight excluding hydrogens is 156 g/mol. The van der Waals surface area contributed by atoms with Gasteiger partial charge in [0.1, 0.15) is 0 Å². The summed E-state index contributed by atoms with van der Waals surface area (Å²) in [5, 5.41) is 0. The Kier molecular flexibility index (Phi) is 3.09. The van der Waals surface area contributed by atoms with Gasteiger partial charge in [-0.1, -0.05) is 41.5 Å². The van der Waals surface area contributed by atoms with Crippen LogP contribution in [0.5, 0.6) is 0 Å². The molecule has 0 aromatic heterocycles. The molecule has 78 valence electrons. The zero-order valence-corrected chi connectivity index (χ0v) is 10.2. The zero-order valence-electron chi connectivity index (χ0n) is 10.2. The maximum Gasteiger partial charge on any atom is -0.0246 e. The van der Waals surface area contributed by atoms with Gasteiger partial charge in [0.05, 0.1) is 0 Å². The van der Waals surface area contributed by atoms with Gasteiger partial charge in [0.2, 0.25) is 0 Å². The summed E-state index contributed by atoms with van der Waals surface area (Å²) in [6, 6.07) is 0. The molecule has 4 atom stereocenters. The summed E-state index contributed by atoms with van der Waals surface area (Å²) in [7, 11) is 0. The number of rotatable bonds is 2. The summed E-state index contributed by atoms with van der Waals surface area (Å²) >= 11 is 0. The molecule has 0 aliphatic heterocycles. The van der Waals surface area contributed by atoms with Crippen LogP contribution < -0.4 is 0 Å². The van der Waals surface area contributed by atoms with E-state index in [1.807, 2.05) is 0 Å². The van der Waals surface area contributed by atoms with Crippen LogP contribution in [0.15, 0.2) is 0 Å². The summed E-state index contributed by atoms with van der Waals surface area (Å²) in [6.07, 6.45) is 2.72. The van der Waals surface area contributed by atoms with E-state index in [0.717, 1.165) is 23.7 Å². The first kappa shape index (κ1) is 11.1. The average molecular weight is 182 g/mol. The first-order valence-electron chi connectivity index (χ1n) is 6.01. The van der Waals surface area contributed by atoms with Crippen LogP contribution in [0.3, 0.4) is 0 Å². The minimum Gasteiger partial charge on any atom is -0.0648 e. The summed E-state index contributed by atoms with van der Waals surface area (Å²) in [5.41, 5.74) is 0.638. The van der Waals surface area contributed by atoms with E-state index in [2.05, 4.69) is 41.5 Å². The highest BCUT2D eigenvalue weighted by atomic mass is 14.5. The van der Waals surface area contributed by atoms with Gasteiger partial charge in [0, 0.05) is 0 Å². The molecule has 1 fully saturated rings. The molecule has 13 heavy (non-hydrogen) atoms. The largest absolute Gasteiger partial charge is 0.0648 e. The van der Waals surface area contributed by atoms with Gasteiger partial charge in [0.25, 0.3) is 0 Å². The number of hydrogen-bond acceptors (Lipinski definition) is 0. The van der Waals surface area contributed by atoms with Crippen LogP contribution in [-0.4, -0.2) is 0 Å². The van der Waals surface area contributed by atoms with Crippen LogP contribution in [0.2, 0.25) is 0 Å². The van der Waals surface area contributed by atoms with E-state index in [1.165, 1.54) is 12.8 Å². The van der Waals surface area contributed by atoms with Crippen molar-refractivity contribution in [2.24, 2.45) is 29.1 Å². The standard InChI is InChI=1S/C13H26/c1-7-13(8-2)11(5)9(3)10(4)12(13)6/h9-12H,7-8H2,1-6H3/t9-,10+,11-,12+. The summed E-state index contributed by atoms with van der Waals surface area (Å²) in [6.45, 7) is 14.6. The van der Waals surface area contributed by atoms with Crippen molar-refractivity contribution in [3.8, 4) is 0 Å². The van der Waals surface area contributed by atoms with Gasteiger partial charge >= 0.3 is 0 Å². The highest BCUT2D eigenvalue weighted by Gasteiger charge is 2.50. The predicted molar refractivity (Wildman–Crippen MR) is 59.7 cm³/mol. The topological polar surface area (TPSA) is 0 Å². The van der Waals surface area contributed by atoms with Crippen molar-refractivity contribution in [3.63, 3.8) is 0 Å². The zero-order chi connectivity index (χ0) is 10.2. The maximum absolute atomic E-state index is 2.47. The van der Waals surface area contributed by atoms with E-state index in [4.69, 9.17) is 0 Å². The quantitative estimate of drug-likeness (QED) is 0.595. The van der Waals surface area contributed by atoms with Crippen molar-refractivity contribution >= 4 is 0 Å². The van der Waals surface area contributed by atoms with Gasteiger partial charge in [-0.15, -0.1) is 0 Å². The Hall–Kier alpha value is 0. The lowest BCUT2D eigenvalue weighted by atomic mass is 9.68. The lowest BCUT2D eigenvalue weighted by Gasteiger charge is -2.37. The smallest absolute Gasteiger partial charge is 0.0246 e. The van der Waals surface area contributed by atoms with Gasteiger partial charge < -0.3 is 0 Å². The third kappa shape index (κ3) is 1.33. The lowest BCUT2D eigenvalue weighted by Crippen LogP contribution is -2.29. The fourth-order valence-electron chi connectivity index (χ4n) is 3.91. The Morgan fingerprint density at radius 3 is 1.23 bits per heavy atom. The Morgan fingerprint density at radius 2 is 1.08 bits per heavy atom. The molecule has 0 saturated heterocycles. The van der Waals surface area contributed by atoms with Crippen molar-refractivity contribution in [2.75, 3.05) is 0 Å². The third-order valence-electron chi connectivity index (χ3n) is 5.54. The van der Waals surface area contributed by atoms with Crippen LogP contribution >= 0.6 is 0 Å². The maximum atomic E-state index is 2.47.